The van der Waals surface area contributed by atoms with Crippen molar-refractivity contribution in [1.82, 2.24) is 43.6 Å². The van der Waals surface area contributed by atoms with Crippen LogP contribution in [-0.4, -0.2) is 81.2 Å². The summed E-state index contributed by atoms with van der Waals surface area (Å²) in [5.41, 5.74) is 10.4. The molecule has 5 aromatic heterocycles. The molecule has 1 fully saturated rings. The second kappa shape index (κ2) is 14.7. The summed E-state index contributed by atoms with van der Waals surface area (Å²) in [7, 11) is 0. The van der Waals surface area contributed by atoms with E-state index < -0.39 is 11.8 Å². The second-order valence-electron chi connectivity index (χ2n) is 12.7. The van der Waals surface area contributed by atoms with Crippen LogP contribution in [0.15, 0.2) is 54.7 Å². The molecule has 7 rings (SSSR count). The molecule has 17 heteroatoms. The molecule has 3 amide bonds. The molecule has 4 N–H and O–H groups in total. The zero-order chi connectivity index (χ0) is 37.2. The van der Waals surface area contributed by atoms with E-state index in [-0.39, 0.29) is 29.9 Å². The maximum absolute atomic E-state index is 13.6. The van der Waals surface area contributed by atoms with Gasteiger partial charge in [0.2, 0.25) is 17.8 Å². The first-order valence-corrected chi connectivity index (χ1v) is 17.4. The molecule has 0 unspecified atom stereocenters. The van der Waals surface area contributed by atoms with Crippen LogP contribution < -0.4 is 21.1 Å². The minimum Gasteiger partial charge on any atom is -0.491 e. The zero-order valence-electron chi connectivity index (χ0n) is 29.9. The number of aryl methyl sites for hydroxylation is 4. The van der Waals surface area contributed by atoms with Gasteiger partial charge in [0.05, 0.1) is 36.7 Å². The Bertz CT molecular complexity index is 2380. The fourth-order valence-electron chi connectivity index (χ4n) is 6.20. The topological polar surface area (TPSA) is 204 Å². The number of nitrogens with one attached hydrogen (secondary N) is 2. The lowest BCUT2D eigenvalue weighted by atomic mass is 10.1. The molecule has 6 heterocycles. The van der Waals surface area contributed by atoms with Crippen LogP contribution in [0, 0.1) is 19.8 Å². The van der Waals surface area contributed by atoms with Crippen LogP contribution in [0.2, 0.25) is 0 Å². The zero-order valence-corrected chi connectivity index (χ0v) is 29.9. The van der Waals surface area contributed by atoms with E-state index in [9.17, 15) is 14.4 Å². The van der Waals surface area contributed by atoms with E-state index in [4.69, 9.17) is 20.2 Å². The molecule has 0 bridgehead atoms. The molecular weight excluding hydrogens is 680 g/mol. The van der Waals surface area contributed by atoms with Gasteiger partial charge >= 0.3 is 0 Å². The van der Waals surface area contributed by atoms with Crippen molar-refractivity contribution in [1.29, 1.82) is 0 Å². The minimum absolute atomic E-state index is 0.204. The van der Waals surface area contributed by atoms with Crippen LogP contribution in [-0.2, 0) is 30.9 Å². The van der Waals surface area contributed by atoms with E-state index in [0.717, 1.165) is 5.69 Å². The lowest BCUT2D eigenvalue weighted by Gasteiger charge is -2.26. The summed E-state index contributed by atoms with van der Waals surface area (Å²) in [4.78, 5) is 53.2. The molecular formula is C36H40N12O5. The van der Waals surface area contributed by atoms with Gasteiger partial charge in [-0.3, -0.25) is 38.9 Å². The Morgan fingerprint density at radius 1 is 0.887 bits per heavy atom. The summed E-state index contributed by atoms with van der Waals surface area (Å²) in [6.45, 7) is 10.6. The molecule has 0 spiro atoms. The molecule has 1 aliphatic rings. The summed E-state index contributed by atoms with van der Waals surface area (Å²) in [5, 5.41) is 14.7. The van der Waals surface area contributed by atoms with Crippen LogP contribution >= 0.6 is 0 Å². The Labute approximate surface area is 303 Å². The Morgan fingerprint density at radius 3 is 2.08 bits per heavy atom. The van der Waals surface area contributed by atoms with E-state index >= 15 is 0 Å². The molecule has 53 heavy (non-hydrogen) atoms. The van der Waals surface area contributed by atoms with Crippen molar-refractivity contribution in [3.8, 4) is 5.75 Å². The van der Waals surface area contributed by atoms with Gasteiger partial charge in [-0.15, -0.1) is 0 Å². The summed E-state index contributed by atoms with van der Waals surface area (Å²) in [6.07, 6.45) is 5.48. The smallest absolute Gasteiger partial charge is 0.276 e. The Morgan fingerprint density at radius 2 is 1.49 bits per heavy atom. The quantitative estimate of drug-likeness (QED) is 0.139. The van der Waals surface area contributed by atoms with Gasteiger partial charge in [0.1, 0.15) is 28.2 Å². The van der Waals surface area contributed by atoms with Crippen LogP contribution in [0.1, 0.15) is 56.6 Å². The van der Waals surface area contributed by atoms with Gasteiger partial charge in [0.15, 0.2) is 5.65 Å². The number of pyridine rings is 1. The number of nitrogens with zero attached hydrogens (tertiary/aromatic N) is 9. The average Bonchev–Trinajstić information content (AvgIpc) is 3.88. The number of aromatic nitrogens is 9. The van der Waals surface area contributed by atoms with Crippen LogP contribution in [0.25, 0.3) is 22.2 Å². The fraction of sp³-hybridized carbons (Fsp3) is 0.333. The van der Waals surface area contributed by atoms with Gasteiger partial charge in [-0.2, -0.15) is 10.2 Å². The first-order valence-electron chi connectivity index (χ1n) is 17.4. The Hall–Kier alpha value is -6.36. The number of carbonyl (C=O) groups excluding carboxylic acids is 3. The largest absolute Gasteiger partial charge is 0.491 e. The maximum atomic E-state index is 13.6. The van der Waals surface area contributed by atoms with Crippen LogP contribution in [0.3, 0.4) is 0 Å². The highest BCUT2D eigenvalue weighted by Gasteiger charge is 2.24. The Balaban J connectivity index is 1.22. The van der Waals surface area contributed by atoms with Crippen molar-refractivity contribution < 1.29 is 23.9 Å². The third-order valence-electron chi connectivity index (χ3n) is 8.84. The average molecular weight is 721 g/mol. The van der Waals surface area contributed by atoms with Gasteiger partial charge in [-0.25, -0.2) is 15.0 Å². The molecule has 0 atom stereocenters. The predicted octanol–water partition coefficient (Wildman–Crippen LogP) is 3.72. The summed E-state index contributed by atoms with van der Waals surface area (Å²) in [6, 6.07) is 10.2. The number of anilines is 2. The van der Waals surface area contributed by atoms with Crippen molar-refractivity contribution in [3.63, 3.8) is 0 Å². The van der Waals surface area contributed by atoms with Gasteiger partial charge in [0.25, 0.3) is 11.8 Å². The monoisotopic (exact) mass is 720 g/mol. The molecule has 1 aromatic carbocycles. The van der Waals surface area contributed by atoms with Crippen molar-refractivity contribution in [2.45, 2.75) is 53.9 Å². The molecule has 17 nitrogen and oxygen atoms in total. The van der Waals surface area contributed by atoms with E-state index in [1.807, 2.05) is 50.5 Å². The number of carbonyl (C=O) groups is 3. The minimum atomic E-state index is -0.635. The molecule has 0 aliphatic carbocycles. The van der Waals surface area contributed by atoms with Crippen molar-refractivity contribution in [2.75, 3.05) is 30.5 Å². The number of hydrogen-bond acceptors (Lipinski definition) is 10. The molecule has 0 radical (unpaired) electrons. The molecule has 274 valence electrons. The van der Waals surface area contributed by atoms with Gasteiger partial charge in [-0.1, -0.05) is 12.2 Å². The fourth-order valence-corrected chi connectivity index (χ4v) is 6.20. The van der Waals surface area contributed by atoms with Crippen LogP contribution in [0.4, 0.5) is 11.9 Å². The number of nitrogens with two attached hydrogens (primary N) is 1. The van der Waals surface area contributed by atoms with Gasteiger partial charge in [0, 0.05) is 43.9 Å². The van der Waals surface area contributed by atoms with Gasteiger partial charge in [-0.05, 0) is 64.1 Å². The number of primary amides is 1. The number of benzene rings is 1. The molecule has 1 saturated heterocycles. The lowest BCUT2D eigenvalue weighted by Crippen LogP contribution is -2.32. The highest BCUT2D eigenvalue weighted by molar-refractivity contribution is 6.04. The standard InChI is InChI=1S/C36H40N12O5/c1-5-47-27(14-21(3)43-47)33(50)41-35-40-26-16-24(31(37)49)17-29(53-20-23-18-52-19-23)30(26)45(35)12-7-8-13-46-32-25(10-9-11-38-32)39-36(46)42-34(51)28-15-22(4)44-48(28)6-2/h7-11,14-17,23H,5-6,12-13,18-20H2,1-4H3,(H2,37,49)(H,39,42,51)(H,40,41,50). The van der Waals surface area contributed by atoms with Crippen LogP contribution in [0.5, 0.6) is 5.75 Å². The van der Waals surface area contributed by atoms with E-state index in [1.165, 1.54) is 0 Å². The number of fused-ring (bicyclic) bond motifs is 2. The number of allylic oxidation sites excluding steroid dienone is 2. The first kappa shape index (κ1) is 35.1. The van der Waals surface area contributed by atoms with Crippen molar-refractivity contribution in [2.24, 2.45) is 11.7 Å². The highest BCUT2D eigenvalue weighted by atomic mass is 16.5. The summed E-state index contributed by atoms with van der Waals surface area (Å²) < 4.78 is 18.4. The number of ether oxygens (including phenoxy) is 2. The normalized spacial score (nSPS) is 13.2. The highest BCUT2D eigenvalue weighted by Crippen LogP contribution is 2.32. The molecule has 6 aromatic rings. The third-order valence-corrected chi connectivity index (χ3v) is 8.84. The number of amides is 3. The summed E-state index contributed by atoms with van der Waals surface area (Å²) >= 11 is 0. The van der Waals surface area contributed by atoms with Crippen molar-refractivity contribution >= 4 is 51.8 Å². The molecule has 0 saturated carbocycles. The predicted molar refractivity (Wildman–Crippen MR) is 196 cm³/mol. The van der Waals surface area contributed by atoms with E-state index in [0.29, 0.717) is 90.4 Å². The summed E-state index contributed by atoms with van der Waals surface area (Å²) in [5.74, 6) is -0.203. The van der Waals surface area contributed by atoms with Crippen molar-refractivity contribution in [3.05, 3.63) is 83.1 Å². The van der Waals surface area contributed by atoms with E-state index in [1.54, 1.807) is 50.5 Å². The maximum Gasteiger partial charge on any atom is 0.276 e. The number of rotatable bonds is 14. The first-order chi connectivity index (χ1) is 25.6. The SMILES string of the molecule is CCn1nc(C)cc1C(=O)Nc1nc2cccnc2n1CC=CCn1c(NC(=O)c2cc(C)nn2CC)nc2cc(C(N)=O)cc(OCC3COC3)c21. The lowest BCUT2D eigenvalue weighted by molar-refractivity contribution is -0.0506. The van der Waals surface area contributed by atoms with E-state index in [2.05, 4.69) is 30.8 Å². The number of hydrogen-bond donors (Lipinski definition) is 3. The van der Waals surface area contributed by atoms with Gasteiger partial charge < -0.3 is 19.8 Å². The third kappa shape index (κ3) is 7.10. The molecule has 1 aliphatic heterocycles. The second-order valence-corrected chi connectivity index (χ2v) is 12.7. The Kier molecular flexibility index (Phi) is 9.73. The number of imidazole rings is 2.